The molecule has 1 saturated carbocycles. The summed E-state index contributed by atoms with van der Waals surface area (Å²) in [7, 11) is -3.53. The standard InChI is InChI=1S/C28H38BrN3O4S/c1-20-11-12-21(2)26(18-20)32(37(4,35)36)17-7-10-27(33)31(19-23-13-15-24(29)16-14-23)22(3)28(34)30-25-8-5-6-9-25/h11-16,18,22,25H,5-10,17,19H2,1-4H3,(H,30,34)/t22-/m0/s1. The molecule has 1 N–H and O–H groups in total. The average molecular weight is 593 g/mol. The summed E-state index contributed by atoms with van der Waals surface area (Å²) in [4.78, 5) is 28.1. The zero-order valence-electron chi connectivity index (χ0n) is 22.2. The minimum absolute atomic E-state index is 0.133. The molecule has 0 aliphatic heterocycles. The summed E-state index contributed by atoms with van der Waals surface area (Å²) in [6.07, 6.45) is 5.82. The van der Waals surface area contributed by atoms with Crippen LogP contribution in [0.2, 0.25) is 0 Å². The van der Waals surface area contributed by atoms with Gasteiger partial charge >= 0.3 is 0 Å². The fourth-order valence-corrected chi connectivity index (χ4v) is 6.01. The van der Waals surface area contributed by atoms with Crippen LogP contribution in [0, 0.1) is 13.8 Å². The lowest BCUT2D eigenvalue weighted by Crippen LogP contribution is -2.49. The van der Waals surface area contributed by atoms with Gasteiger partial charge in [-0.1, -0.05) is 53.0 Å². The average Bonchev–Trinajstić information content (AvgIpc) is 3.35. The molecule has 7 nitrogen and oxygen atoms in total. The maximum Gasteiger partial charge on any atom is 0.242 e. The van der Waals surface area contributed by atoms with Gasteiger partial charge in [-0.15, -0.1) is 0 Å². The number of hydrogen-bond donors (Lipinski definition) is 1. The van der Waals surface area contributed by atoms with E-state index >= 15 is 0 Å². The first kappa shape index (κ1) is 29.2. The highest BCUT2D eigenvalue weighted by Gasteiger charge is 2.29. The molecule has 2 amide bonds. The van der Waals surface area contributed by atoms with E-state index in [9.17, 15) is 18.0 Å². The number of amides is 2. The molecule has 2 aromatic carbocycles. The number of anilines is 1. The Morgan fingerprint density at radius 3 is 2.35 bits per heavy atom. The summed E-state index contributed by atoms with van der Waals surface area (Å²) in [6.45, 7) is 6.05. The largest absolute Gasteiger partial charge is 0.352 e. The molecule has 0 unspecified atom stereocenters. The smallest absolute Gasteiger partial charge is 0.242 e. The second-order valence-electron chi connectivity index (χ2n) is 10.0. The van der Waals surface area contributed by atoms with Gasteiger partial charge in [0.25, 0.3) is 0 Å². The minimum Gasteiger partial charge on any atom is -0.352 e. The van der Waals surface area contributed by atoms with Gasteiger partial charge in [-0.25, -0.2) is 8.42 Å². The second kappa shape index (κ2) is 12.9. The van der Waals surface area contributed by atoms with E-state index in [4.69, 9.17) is 0 Å². The summed E-state index contributed by atoms with van der Waals surface area (Å²) in [5, 5.41) is 3.11. The van der Waals surface area contributed by atoms with Gasteiger partial charge in [0.15, 0.2) is 0 Å². The van der Waals surface area contributed by atoms with Gasteiger partial charge in [0.2, 0.25) is 21.8 Å². The molecule has 0 aromatic heterocycles. The quantitative estimate of drug-likeness (QED) is 0.394. The van der Waals surface area contributed by atoms with Crippen LogP contribution in [-0.2, 0) is 26.2 Å². The van der Waals surface area contributed by atoms with Crippen molar-refractivity contribution in [1.82, 2.24) is 10.2 Å². The molecule has 1 atom stereocenters. The van der Waals surface area contributed by atoms with Crippen LogP contribution >= 0.6 is 15.9 Å². The van der Waals surface area contributed by atoms with Crippen LogP contribution in [0.3, 0.4) is 0 Å². The van der Waals surface area contributed by atoms with E-state index in [0.29, 0.717) is 18.7 Å². The number of halogens is 1. The number of benzene rings is 2. The molecule has 37 heavy (non-hydrogen) atoms. The summed E-state index contributed by atoms with van der Waals surface area (Å²) < 4.78 is 27.5. The van der Waals surface area contributed by atoms with Crippen LogP contribution < -0.4 is 9.62 Å². The van der Waals surface area contributed by atoms with Crippen molar-refractivity contribution in [3.63, 3.8) is 0 Å². The van der Waals surface area contributed by atoms with E-state index in [1.54, 1.807) is 11.8 Å². The topological polar surface area (TPSA) is 86.8 Å². The van der Waals surface area contributed by atoms with Crippen LogP contribution in [0.15, 0.2) is 46.9 Å². The third-order valence-electron chi connectivity index (χ3n) is 6.92. The lowest BCUT2D eigenvalue weighted by molar-refractivity contribution is -0.141. The number of rotatable bonds is 11. The van der Waals surface area contributed by atoms with Crippen LogP contribution in [0.25, 0.3) is 0 Å². The number of nitrogens with one attached hydrogen (secondary N) is 1. The van der Waals surface area contributed by atoms with E-state index in [1.807, 2.05) is 56.3 Å². The third kappa shape index (κ3) is 8.30. The first-order valence-electron chi connectivity index (χ1n) is 12.8. The highest BCUT2D eigenvalue weighted by molar-refractivity contribution is 9.10. The van der Waals surface area contributed by atoms with Gasteiger partial charge in [0.1, 0.15) is 6.04 Å². The van der Waals surface area contributed by atoms with Crippen molar-refractivity contribution in [3.05, 3.63) is 63.6 Å². The number of carbonyl (C=O) groups is 2. The normalized spacial score (nSPS) is 14.8. The Morgan fingerprint density at radius 2 is 1.73 bits per heavy atom. The Balaban J connectivity index is 1.73. The molecule has 1 fully saturated rings. The van der Waals surface area contributed by atoms with Crippen molar-refractivity contribution in [2.45, 2.75) is 77.9 Å². The fraction of sp³-hybridized carbons (Fsp3) is 0.500. The Morgan fingerprint density at radius 1 is 1.08 bits per heavy atom. The molecule has 3 rings (SSSR count). The highest BCUT2D eigenvalue weighted by atomic mass is 79.9. The molecule has 2 aromatic rings. The lowest BCUT2D eigenvalue weighted by atomic mass is 10.1. The van der Waals surface area contributed by atoms with Crippen molar-refractivity contribution in [1.29, 1.82) is 0 Å². The molecule has 0 spiro atoms. The van der Waals surface area contributed by atoms with Crippen LogP contribution in [0.4, 0.5) is 5.69 Å². The summed E-state index contributed by atoms with van der Waals surface area (Å²) in [6, 6.07) is 12.9. The second-order valence-corrected chi connectivity index (χ2v) is 12.9. The fourth-order valence-electron chi connectivity index (χ4n) is 4.73. The molecule has 0 heterocycles. The van der Waals surface area contributed by atoms with Crippen molar-refractivity contribution in [3.8, 4) is 0 Å². The third-order valence-corrected chi connectivity index (χ3v) is 8.63. The number of hydrogen-bond acceptors (Lipinski definition) is 4. The molecule has 9 heteroatoms. The van der Waals surface area contributed by atoms with E-state index < -0.39 is 16.1 Å². The summed E-state index contributed by atoms with van der Waals surface area (Å²) in [5.41, 5.74) is 3.38. The molecular formula is C28H38BrN3O4S. The molecule has 0 bridgehead atoms. The van der Waals surface area contributed by atoms with E-state index in [-0.39, 0.29) is 30.8 Å². The SMILES string of the molecule is Cc1ccc(C)c(N(CCCC(=O)N(Cc2ccc(Br)cc2)[C@@H](C)C(=O)NC2CCCC2)S(C)(=O)=O)c1. The zero-order chi connectivity index (χ0) is 27.2. The van der Waals surface area contributed by atoms with E-state index in [2.05, 4.69) is 21.2 Å². The molecule has 1 aliphatic carbocycles. The monoisotopic (exact) mass is 591 g/mol. The van der Waals surface area contributed by atoms with Gasteiger partial charge in [0.05, 0.1) is 11.9 Å². The molecular weight excluding hydrogens is 554 g/mol. The Hall–Kier alpha value is -2.39. The Labute approximate surface area is 229 Å². The number of carbonyl (C=O) groups excluding carboxylic acids is 2. The van der Waals surface area contributed by atoms with E-state index in [0.717, 1.165) is 46.8 Å². The van der Waals surface area contributed by atoms with Gasteiger partial charge in [-0.2, -0.15) is 0 Å². The van der Waals surface area contributed by atoms with Crippen molar-refractivity contribution >= 4 is 43.5 Å². The Bertz CT molecular complexity index is 1190. The van der Waals surface area contributed by atoms with Crippen LogP contribution in [0.5, 0.6) is 0 Å². The molecule has 0 saturated heterocycles. The van der Waals surface area contributed by atoms with Gasteiger partial charge in [0, 0.05) is 30.0 Å². The predicted molar refractivity (Wildman–Crippen MR) is 152 cm³/mol. The van der Waals surface area contributed by atoms with E-state index in [1.165, 1.54) is 10.6 Å². The zero-order valence-corrected chi connectivity index (χ0v) is 24.6. The maximum atomic E-state index is 13.5. The van der Waals surface area contributed by atoms with Crippen LogP contribution in [-0.4, -0.2) is 50.0 Å². The molecule has 0 radical (unpaired) electrons. The Kier molecular flexibility index (Phi) is 10.2. The van der Waals surface area contributed by atoms with Crippen molar-refractivity contribution in [2.75, 3.05) is 17.1 Å². The first-order valence-corrected chi connectivity index (χ1v) is 15.5. The summed E-state index contributed by atoms with van der Waals surface area (Å²) in [5.74, 6) is -0.322. The maximum absolute atomic E-state index is 13.5. The van der Waals surface area contributed by atoms with Crippen molar-refractivity contribution in [2.24, 2.45) is 0 Å². The van der Waals surface area contributed by atoms with Gasteiger partial charge in [-0.05, 0) is 74.9 Å². The number of aryl methyl sites for hydroxylation is 2. The summed E-state index contributed by atoms with van der Waals surface area (Å²) >= 11 is 3.44. The molecule has 202 valence electrons. The number of sulfonamides is 1. The first-order chi connectivity index (χ1) is 17.5. The van der Waals surface area contributed by atoms with Gasteiger partial charge < -0.3 is 10.2 Å². The predicted octanol–water partition coefficient (Wildman–Crippen LogP) is 5.09. The minimum atomic E-state index is -3.53. The molecule has 1 aliphatic rings. The van der Waals surface area contributed by atoms with Crippen molar-refractivity contribution < 1.29 is 18.0 Å². The number of nitrogens with zero attached hydrogens (tertiary/aromatic N) is 2. The highest BCUT2D eigenvalue weighted by Crippen LogP contribution is 2.25. The van der Waals surface area contributed by atoms with Crippen LogP contribution in [0.1, 0.15) is 62.1 Å². The lowest BCUT2D eigenvalue weighted by Gasteiger charge is -2.30. The van der Waals surface area contributed by atoms with Gasteiger partial charge in [-0.3, -0.25) is 13.9 Å².